The van der Waals surface area contributed by atoms with Crippen molar-refractivity contribution in [2.75, 3.05) is 44.3 Å². The fraction of sp³-hybridized carbons (Fsp3) is 0.241. The third kappa shape index (κ3) is 6.47. The Hall–Kier alpha value is -4.91. The number of carbonyl (C=O) groups is 1. The van der Waals surface area contributed by atoms with Crippen LogP contribution in [0.2, 0.25) is 0 Å². The molecule has 0 unspecified atom stereocenters. The first kappa shape index (κ1) is 27.6. The highest BCUT2D eigenvalue weighted by Crippen LogP contribution is 2.34. The number of piperazine rings is 1. The van der Waals surface area contributed by atoms with Gasteiger partial charge in [0.25, 0.3) is 5.91 Å². The number of amides is 1. The zero-order chi connectivity index (χ0) is 29.1. The summed E-state index contributed by atoms with van der Waals surface area (Å²) in [5.74, 6) is 5.34. The van der Waals surface area contributed by atoms with E-state index in [2.05, 4.69) is 32.3 Å². The second-order valence-corrected chi connectivity index (χ2v) is 9.78. The average Bonchev–Trinajstić information content (AvgIpc) is 3.34. The van der Waals surface area contributed by atoms with E-state index in [0.717, 1.165) is 19.2 Å². The van der Waals surface area contributed by atoms with Gasteiger partial charge in [0.2, 0.25) is 5.82 Å². The number of hydrogen-bond acceptors (Lipinski definition) is 7. The highest BCUT2D eigenvalue weighted by Gasteiger charge is 2.34. The van der Waals surface area contributed by atoms with E-state index >= 15 is 0 Å². The molecule has 1 saturated heterocycles. The van der Waals surface area contributed by atoms with Crippen molar-refractivity contribution in [3.05, 3.63) is 88.4 Å². The molecule has 1 aliphatic rings. The Balaban J connectivity index is 1.38. The molecule has 9 nitrogen and oxygen atoms in total. The molecule has 2 aromatic carbocycles. The van der Waals surface area contributed by atoms with Gasteiger partial charge in [-0.2, -0.15) is 18.4 Å². The van der Waals surface area contributed by atoms with E-state index in [4.69, 9.17) is 5.73 Å². The monoisotopic (exact) mass is 558 g/mol. The SMILES string of the molecule is CN1CCN(Cc2ccc(C(=O)Nc3cc(C#N)cc(C#Cc4nnc5ccc(N)cn45)c3)cc2C(F)(F)F)CC1. The third-order valence-electron chi connectivity index (χ3n) is 6.73. The topological polar surface area (TPSA) is 116 Å². The normalized spacial score (nSPS) is 14.3. The maximum atomic E-state index is 14.0. The van der Waals surface area contributed by atoms with Crippen LogP contribution in [0, 0.1) is 23.2 Å². The molecule has 12 heteroatoms. The van der Waals surface area contributed by atoms with E-state index in [1.165, 1.54) is 30.3 Å². The van der Waals surface area contributed by atoms with Crippen LogP contribution >= 0.6 is 0 Å². The molecular weight excluding hydrogens is 533 g/mol. The first-order valence-electron chi connectivity index (χ1n) is 12.7. The number of pyridine rings is 1. The van der Waals surface area contributed by atoms with E-state index in [0.29, 0.717) is 35.8 Å². The standard InChI is InChI=1S/C29H25F3N8O/c1-38-8-10-39(11-9-38)17-22-4-3-21(15-25(22)29(30,31)32)28(41)35-24-13-19(12-20(14-24)16-33)2-6-26-36-37-27-7-5-23(34)18-40(26)27/h3-5,7,12-15,18H,8-11,17,34H2,1H3,(H,35,41). The van der Waals surface area contributed by atoms with Gasteiger partial charge in [-0.15, -0.1) is 10.2 Å². The molecule has 41 heavy (non-hydrogen) atoms. The molecule has 0 spiro atoms. The molecule has 0 atom stereocenters. The molecule has 0 radical (unpaired) electrons. The lowest BCUT2D eigenvalue weighted by Gasteiger charge is -2.33. The molecule has 5 rings (SSSR count). The molecule has 4 aromatic rings. The van der Waals surface area contributed by atoms with Crippen LogP contribution in [0.3, 0.4) is 0 Å². The number of benzene rings is 2. The molecule has 0 saturated carbocycles. The lowest BCUT2D eigenvalue weighted by molar-refractivity contribution is -0.138. The van der Waals surface area contributed by atoms with E-state index < -0.39 is 17.6 Å². The Morgan fingerprint density at radius 1 is 1.02 bits per heavy atom. The van der Waals surface area contributed by atoms with Gasteiger partial charge in [-0.25, -0.2) is 0 Å². The molecule has 3 heterocycles. The van der Waals surface area contributed by atoms with Crippen LogP contribution in [-0.4, -0.2) is 63.5 Å². The van der Waals surface area contributed by atoms with Crippen LogP contribution < -0.4 is 11.1 Å². The fourth-order valence-electron chi connectivity index (χ4n) is 4.53. The summed E-state index contributed by atoms with van der Waals surface area (Å²) in [5, 5.41) is 20.1. The van der Waals surface area contributed by atoms with Gasteiger partial charge in [0, 0.05) is 61.4 Å². The number of anilines is 2. The summed E-state index contributed by atoms with van der Waals surface area (Å²) < 4.78 is 43.6. The Labute approximate surface area is 234 Å². The first-order chi connectivity index (χ1) is 19.6. The van der Waals surface area contributed by atoms with Crippen molar-refractivity contribution in [2.45, 2.75) is 12.7 Å². The van der Waals surface area contributed by atoms with Crippen LogP contribution in [0.15, 0.2) is 54.7 Å². The van der Waals surface area contributed by atoms with Crippen molar-refractivity contribution in [3.8, 4) is 17.9 Å². The van der Waals surface area contributed by atoms with Gasteiger partial charge in [0.15, 0.2) is 5.65 Å². The number of aromatic nitrogens is 3. The summed E-state index contributed by atoms with van der Waals surface area (Å²) in [6, 6.07) is 13.5. The minimum absolute atomic E-state index is 0.116. The molecule has 1 aliphatic heterocycles. The van der Waals surface area contributed by atoms with Crippen LogP contribution in [0.5, 0.6) is 0 Å². The van der Waals surface area contributed by atoms with Crippen molar-refractivity contribution >= 4 is 22.9 Å². The molecule has 3 N–H and O–H groups in total. The van der Waals surface area contributed by atoms with Crippen molar-refractivity contribution in [1.29, 1.82) is 5.26 Å². The summed E-state index contributed by atoms with van der Waals surface area (Å²) in [4.78, 5) is 17.1. The number of nitrogens with one attached hydrogen (secondary N) is 1. The van der Waals surface area contributed by atoms with Gasteiger partial charge in [-0.05, 0) is 61.0 Å². The molecule has 208 valence electrons. The number of nitrogens with zero attached hydrogens (tertiary/aromatic N) is 6. The molecule has 1 fully saturated rings. The van der Waals surface area contributed by atoms with Crippen molar-refractivity contribution in [2.24, 2.45) is 0 Å². The number of halogens is 3. The van der Waals surface area contributed by atoms with Crippen molar-refractivity contribution < 1.29 is 18.0 Å². The maximum Gasteiger partial charge on any atom is 0.416 e. The molecule has 2 aromatic heterocycles. The number of likely N-dealkylation sites (N-methyl/N-ethyl adjacent to an activating group) is 1. The van der Waals surface area contributed by atoms with E-state index in [9.17, 15) is 23.2 Å². The highest BCUT2D eigenvalue weighted by molar-refractivity contribution is 6.04. The average molecular weight is 559 g/mol. The Morgan fingerprint density at radius 2 is 1.78 bits per heavy atom. The van der Waals surface area contributed by atoms with Crippen LogP contribution in [0.1, 0.15) is 38.4 Å². The number of alkyl halides is 3. The van der Waals surface area contributed by atoms with Gasteiger partial charge < -0.3 is 16.0 Å². The molecular formula is C29H25F3N8O. The Kier molecular flexibility index (Phi) is 7.62. The van der Waals surface area contributed by atoms with Gasteiger partial charge >= 0.3 is 6.18 Å². The zero-order valence-corrected chi connectivity index (χ0v) is 22.0. The second kappa shape index (κ2) is 11.3. The third-order valence-corrected chi connectivity index (χ3v) is 6.73. The van der Waals surface area contributed by atoms with E-state index in [1.807, 2.05) is 18.0 Å². The minimum Gasteiger partial charge on any atom is -0.398 e. The largest absolute Gasteiger partial charge is 0.416 e. The molecule has 0 aliphatic carbocycles. The molecule has 1 amide bonds. The smallest absolute Gasteiger partial charge is 0.398 e. The summed E-state index contributed by atoms with van der Waals surface area (Å²) >= 11 is 0. The summed E-state index contributed by atoms with van der Waals surface area (Å²) in [6.45, 7) is 3.03. The number of nitriles is 1. The number of rotatable bonds is 4. The zero-order valence-electron chi connectivity index (χ0n) is 22.0. The number of carbonyl (C=O) groups excluding carboxylic acids is 1. The number of fused-ring (bicyclic) bond motifs is 1. The first-order valence-corrected chi connectivity index (χ1v) is 12.7. The van der Waals surface area contributed by atoms with E-state index in [1.54, 1.807) is 22.7 Å². The molecule has 0 bridgehead atoms. The summed E-state index contributed by atoms with van der Waals surface area (Å²) in [5.41, 5.74) is 6.81. The number of nitrogens with two attached hydrogens (primary N) is 1. The number of hydrogen-bond donors (Lipinski definition) is 2. The van der Waals surface area contributed by atoms with Crippen molar-refractivity contribution in [1.82, 2.24) is 24.4 Å². The van der Waals surface area contributed by atoms with Gasteiger partial charge in [0.05, 0.1) is 17.2 Å². The van der Waals surface area contributed by atoms with Gasteiger partial charge in [-0.1, -0.05) is 12.0 Å². The second-order valence-electron chi connectivity index (χ2n) is 9.78. The minimum atomic E-state index is -4.63. The van der Waals surface area contributed by atoms with Gasteiger partial charge in [-0.3, -0.25) is 14.1 Å². The highest BCUT2D eigenvalue weighted by atomic mass is 19.4. The number of nitrogen functional groups attached to an aromatic ring is 1. The lowest BCUT2D eigenvalue weighted by atomic mass is 10.0. The van der Waals surface area contributed by atoms with Crippen molar-refractivity contribution in [3.63, 3.8) is 0 Å². The quantitative estimate of drug-likeness (QED) is 0.368. The Bertz CT molecular complexity index is 1720. The van der Waals surface area contributed by atoms with E-state index in [-0.39, 0.29) is 28.9 Å². The van der Waals surface area contributed by atoms with Gasteiger partial charge in [0.1, 0.15) is 0 Å². The maximum absolute atomic E-state index is 14.0. The van der Waals surface area contributed by atoms with Crippen LogP contribution in [0.4, 0.5) is 24.5 Å². The predicted octanol–water partition coefficient (Wildman–Crippen LogP) is 3.60. The Morgan fingerprint density at radius 3 is 2.51 bits per heavy atom. The lowest BCUT2D eigenvalue weighted by Crippen LogP contribution is -2.44. The summed E-state index contributed by atoms with van der Waals surface area (Å²) in [7, 11) is 1.98. The predicted molar refractivity (Wildman–Crippen MR) is 147 cm³/mol. The fourth-order valence-corrected chi connectivity index (χ4v) is 4.53. The van der Waals surface area contributed by atoms with Crippen LogP contribution in [0.25, 0.3) is 5.65 Å². The summed E-state index contributed by atoms with van der Waals surface area (Å²) in [6.07, 6.45) is -3.00. The van der Waals surface area contributed by atoms with Crippen LogP contribution in [-0.2, 0) is 12.7 Å².